The molecule has 5 nitrogen and oxygen atoms in total. The molecule has 0 spiro atoms. The highest BCUT2D eigenvalue weighted by Gasteiger charge is 2.22. The van der Waals surface area contributed by atoms with E-state index in [-0.39, 0.29) is 24.2 Å². The van der Waals surface area contributed by atoms with Gasteiger partial charge >= 0.3 is 0 Å². The van der Waals surface area contributed by atoms with Gasteiger partial charge in [0, 0.05) is 37.3 Å². The molecule has 3 aromatic carbocycles. The van der Waals surface area contributed by atoms with Crippen molar-refractivity contribution in [2.24, 2.45) is 0 Å². The van der Waals surface area contributed by atoms with Gasteiger partial charge in [-0.05, 0) is 66.1 Å². The van der Waals surface area contributed by atoms with E-state index in [1.165, 1.54) is 12.1 Å². The third kappa shape index (κ3) is 4.84. The van der Waals surface area contributed by atoms with Crippen LogP contribution in [0.1, 0.15) is 39.9 Å². The van der Waals surface area contributed by atoms with Crippen LogP contribution in [0.2, 0.25) is 0 Å². The van der Waals surface area contributed by atoms with Gasteiger partial charge in [-0.15, -0.1) is 0 Å². The van der Waals surface area contributed by atoms with E-state index in [4.69, 9.17) is 5.26 Å². The van der Waals surface area contributed by atoms with Crippen LogP contribution in [0.15, 0.2) is 72.8 Å². The smallest absolute Gasteiger partial charge is 0.254 e. The summed E-state index contributed by atoms with van der Waals surface area (Å²) >= 11 is 0. The summed E-state index contributed by atoms with van der Waals surface area (Å²) in [7, 11) is 0. The van der Waals surface area contributed by atoms with E-state index in [9.17, 15) is 14.0 Å². The van der Waals surface area contributed by atoms with Gasteiger partial charge < -0.3 is 9.80 Å². The third-order valence-corrected chi connectivity index (χ3v) is 5.51. The maximum atomic E-state index is 13.7. The highest BCUT2D eigenvalue weighted by molar-refractivity contribution is 5.97. The summed E-state index contributed by atoms with van der Waals surface area (Å²) in [5.74, 6) is -0.455. The normalized spacial score (nSPS) is 13.1. The molecule has 2 amide bonds. The van der Waals surface area contributed by atoms with Crippen LogP contribution in [0, 0.1) is 17.1 Å². The van der Waals surface area contributed by atoms with Crippen LogP contribution in [0.4, 0.5) is 10.1 Å². The maximum absolute atomic E-state index is 13.7. The van der Waals surface area contributed by atoms with Gasteiger partial charge in [0.25, 0.3) is 5.91 Å². The zero-order valence-corrected chi connectivity index (χ0v) is 17.5. The van der Waals surface area contributed by atoms with Crippen molar-refractivity contribution in [1.82, 2.24) is 4.90 Å². The van der Waals surface area contributed by atoms with Crippen molar-refractivity contribution < 1.29 is 14.0 Å². The molecule has 0 aliphatic carbocycles. The molecule has 0 saturated carbocycles. The van der Waals surface area contributed by atoms with Crippen LogP contribution in [-0.2, 0) is 17.9 Å². The lowest BCUT2D eigenvalue weighted by molar-refractivity contribution is -0.117. The predicted molar refractivity (Wildman–Crippen MR) is 119 cm³/mol. The third-order valence-electron chi connectivity index (χ3n) is 5.51. The fraction of sp³-hybridized carbons (Fsp3) is 0.192. The SMILES string of the molecule is N#Cc1ccc(CN(Cc2cccc(F)c2)C(=O)c2ccc(N3CCCC3=O)cc2)cc1. The Morgan fingerprint density at radius 1 is 1.00 bits per heavy atom. The Balaban J connectivity index is 1.58. The van der Waals surface area contributed by atoms with Gasteiger partial charge in [0.2, 0.25) is 5.91 Å². The molecule has 0 radical (unpaired) electrons. The van der Waals surface area contributed by atoms with E-state index in [0.29, 0.717) is 36.2 Å². The first-order valence-corrected chi connectivity index (χ1v) is 10.5. The molecule has 4 rings (SSSR count). The molecular weight excluding hydrogens is 405 g/mol. The molecule has 160 valence electrons. The maximum Gasteiger partial charge on any atom is 0.254 e. The van der Waals surface area contributed by atoms with E-state index < -0.39 is 0 Å². The first kappa shape index (κ1) is 21.3. The summed E-state index contributed by atoms with van der Waals surface area (Å²) in [5, 5.41) is 9.01. The fourth-order valence-electron chi connectivity index (χ4n) is 3.85. The number of rotatable bonds is 6. The second-order valence-corrected chi connectivity index (χ2v) is 7.80. The van der Waals surface area contributed by atoms with Crippen molar-refractivity contribution in [2.45, 2.75) is 25.9 Å². The summed E-state index contributed by atoms with van der Waals surface area (Å²) in [4.78, 5) is 28.7. The summed E-state index contributed by atoms with van der Waals surface area (Å²) < 4.78 is 13.7. The number of amides is 2. The lowest BCUT2D eigenvalue weighted by atomic mass is 10.1. The number of carbonyl (C=O) groups excluding carboxylic acids is 2. The lowest BCUT2D eigenvalue weighted by Gasteiger charge is -2.24. The molecule has 1 heterocycles. The van der Waals surface area contributed by atoms with Gasteiger partial charge in [-0.2, -0.15) is 5.26 Å². The van der Waals surface area contributed by atoms with Crippen molar-refractivity contribution in [3.63, 3.8) is 0 Å². The zero-order valence-electron chi connectivity index (χ0n) is 17.5. The molecule has 32 heavy (non-hydrogen) atoms. The number of hydrogen-bond acceptors (Lipinski definition) is 3. The van der Waals surface area contributed by atoms with Gasteiger partial charge in [-0.1, -0.05) is 24.3 Å². The minimum absolute atomic E-state index is 0.0950. The van der Waals surface area contributed by atoms with Gasteiger partial charge in [-0.25, -0.2) is 4.39 Å². The molecule has 0 N–H and O–H groups in total. The molecule has 3 aromatic rings. The molecule has 1 aliphatic rings. The standard InChI is InChI=1S/C26H22FN3O2/c27-23-4-1-3-21(15-23)18-29(17-20-8-6-19(16-28)7-9-20)26(32)22-10-12-24(13-11-22)30-14-2-5-25(30)31/h1,3-4,6-13,15H,2,5,14,17-18H2. The molecule has 6 heteroatoms. The van der Waals surface area contributed by atoms with E-state index in [2.05, 4.69) is 6.07 Å². The number of anilines is 1. The quantitative estimate of drug-likeness (QED) is 0.574. The van der Waals surface area contributed by atoms with Crippen LogP contribution < -0.4 is 4.90 Å². The van der Waals surface area contributed by atoms with E-state index >= 15 is 0 Å². The monoisotopic (exact) mass is 427 g/mol. The summed E-state index contributed by atoms with van der Waals surface area (Å²) in [6, 6.07) is 22.3. The van der Waals surface area contributed by atoms with E-state index in [1.807, 2.05) is 12.1 Å². The van der Waals surface area contributed by atoms with Crippen LogP contribution in [0.3, 0.4) is 0 Å². The van der Waals surface area contributed by atoms with Gasteiger partial charge in [-0.3, -0.25) is 9.59 Å². The minimum Gasteiger partial charge on any atom is -0.330 e. The van der Waals surface area contributed by atoms with Crippen molar-refractivity contribution >= 4 is 17.5 Å². The number of nitriles is 1. The first-order valence-electron chi connectivity index (χ1n) is 10.5. The first-order chi connectivity index (χ1) is 15.5. The molecule has 1 aliphatic heterocycles. The van der Waals surface area contributed by atoms with Gasteiger partial charge in [0.15, 0.2) is 0 Å². The summed E-state index contributed by atoms with van der Waals surface area (Å²) in [5.41, 5.74) is 3.38. The van der Waals surface area contributed by atoms with Gasteiger partial charge in [0.05, 0.1) is 11.6 Å². The van der Waals surface area contributed by atoms with Crippen molar-refractivity contribution in [1.29, 1.82) is 5.26 Å². The molecule has 0 unspecified atom stereocenters. The Hall–Kier alpha value is -3.98. The van der Waals surface area contributed by atoms with Gasteiger partial charge in [0.1, 0.15) is 5.82 Å². The lowest BCUT2D eigenvalue weighted by Crippen LogP contribution is -2.30. The molecule has 0 atom stereocenters. The molecule has 0 bridgehead atoms. The Labute approximate surface area is 186 Å². The highest BCUT2D eigenvalue weighted by atomic mass is 19.1. The number of benzene rings is 3. The average molecular weight is 427 g/mol. The van der Waals surface area contributed by atoms with Crippen LogP contribution in [0.5, 0.6) is 0 Å². The van der Waals surface area contributed by atoms with Crippen LogP contribution in [-0.4, -0.2) is 23.3 Å². The van der Waals surface area contributed by atoms with Crippen LogP contribution >= 0.6 is 0 Å². The Morgan fingerprint density at radius 2 is 1.72 bits per heavy atom. The molecule has 1 saturated heterocycles. The number of nitrogens with zero attached hydrogens (tertiary/aromatic N) is 3. The minimum atomic E-state index is -0.354. The average Bonchev–Trinajstić information content (AvgIpc) is 3.24. The number of carbonyl (C=O) groups is 2. The fourth-order valence-corrected chi connectivity index (χ4v) is 3.85. The van der Waals surface area contributed by atoms with Crippen molar-refractivity contribution in [3.05, 3.63) is 101 Å². The predicted octanol–water partition coefficient (Wildman–Crippen LogP) is 4.67. The van der Waals surface area contributed by atoms with E-state index in [0.717, 1.165) is 17.7 Å². The number of halogens is 1. The van der Waals surface area contributed by atoms with E-state index in [1.54, 1.807) is 58.3 Å². The van der Waals surface area contributed by atoms with Crippen molar-refractivity contribution in [3.8, 4) is 6.07 Å². The molecule has 1 fully saturated rings. The second-order valence-electron chi connectivity index (χ2n) is 7.80. The Morgan fingerprint density at radius 3 is 2.34 bits per heavy atom. The highest BCUT2D eigenvalue weighted by Crippen LogP contribution is 2.23. The largest absolute Gasteiger partial charge is 0.330 e. The second kappa shape index (κ2) is 9.44. The zero-order chi connectivity index (χ0) is 22.5. The van der Waals surface area contributed by atoms with Crippen LogP contribution in [0.25, 0.3) is 0 Å². The molecule has 0 aromatic heterocycles. The summed E-state index contributed by atoms with van der Waals surface area (Å²) in [6.45, 7) is 1.24. The Bertz CT molecular complexity index is 1170. The van der Waals surface area contributed by atoms with Crippen molar-refractivity contribution in [2.75, 3.05) is 11.4 Å². The number of hydrogen-bond donors (Lipinski definition) is 0. The summed E-state index contributed by atoms with van der Waals surface area (Å²) in [6.07, 6.45) is 1.39. The topological polar surface area (TPSA) is 64.4 Å². The molecular formula is C26H22FN3O2. The Kier molecular flexibility index (Phi) is 6.27.